The zero-order valence-electron chi connectivity index (χ0n) is 12.2. The van der Waals surface area contributed by atoms with Crippen molar-refractivity contribution >= 4 is 32.5 Å². The van der Waals surface area contributed by atoms with Crippen molar-refractivity contribution in [2.45, 2.75) is 17.1 Å². The van der Waals surface area contributed by atoms with Crippen molar-refractivity contribution in [2.75, 3.05) is 0 Å². The van der Waals surface area contributed by atoms with Crippen molar-refractivity contribution in [3.8, 4) is 0 Å². The van der Waals surface area contributed by atoms with Crippen LogP contribution in [0.3, 0.4) is 0 Å². The number of nitrogens with one attached hydrogen (secondary N) is 1. The smallest absolute Gasteiger partial charge is 0.271 e. The summed E-state index contributed by atoms with van der Waals surface area (Å²) in [5.74, 6) is 0. The van der Waals surface area contributed by atoms with Crippen LogP contribution in [0, 0.1) is 0 Å². The number of rotatable bonds is 3. The Morgan fingerprint density at radius 1 is 1.09 bits per heavy atom. The molecule has 3 aromatic rings. The summed E-state index contributed by atoms with van der Waals surface area (Å²) >= 11 is 5.79. The monoisotopic (exact) mass is 348 g/mol. The Morgan fingerprint density at radius 2 is 1.74 bits per heavy atom. The van der Waals surface area contributed by atoms with Crippen LogP contribution in [0.5, 0.6) is 0 Å². The van der Waals surface area contributed by atoms with E-state index in [0.717, 1.165) is 0 Å². The van der Waals surface area contributed by atoms with E-state index in [1.807, 2.05) is 0 Å². The lowest BCUT2D eigenvalue weighted by molar-refractivity contribution is 0.584. The normalized spacial score (nSPS) is 13.1. The molecule has 0 spiro atoms. The second-order valence-electron chi connectivity index (χ2n) is 5.11. The minimum Gasteiger partial charge on any atom is -0.319 e. The molecule has 0 radical (unpaired) electrons. The Labute approximate surface area is 137 Å². The SMILES string of the molecule is CC(c1nc2ccccc2[nH]c1=O)S(=O)(=O)c1ccc(Cl)cc1. The van der Waals surface area contributed by atoms with Crippen molar-refractivity contribution in [2.24, 2.45) is 0 Å². The summed E-state index contributed by atoms with van der Waals surface area (Å²) in [4.78, 5) is 19.2. The first kappa shape index (κ1) is 15.7. The van der Waals surface area contributed by atoms with E-state index < -0.39 is 20.6 Å². The van der Waals surface area contributed by atoms with Gasteiger partial charge in [-0.25, -0.2) is 13.4 Å². The van der Waals surface area contributed by atoms with Gasteiger partial charge in [0.15, 0.2) is 9.84 Å². The molecule has 7 heteroatoms. The molecule has 1 unspecified atom stereocenters. The minimum atomic E-state index is -3.74. The maximum absolute atomic E-state index is 12.7. The summed E-state index contributed by atoms with van der Waals surface area (Å²) in [7, 11) is -3.74. The molecule has 0 bridgehead atoms. The van der Waals surface area contributed by atoms with Crippen LogP contribution in [0.25, 0.3) is 11.0 Å². The Balaban J connectivity index is 2.12. The molecule has 5 nitrogen and oxygen atoms in total. The van der Waals surface area contributed by atoms with Crippen LogP contribution >= 0.6 is 11.6 Å². The van der Waals surface area contributed by atoms with Crippen LogP contribution < -0.4 is 5.56 Å². The Hall–Kier alpha value is -2.18. The van der Waals surface area contributed by atoms with E-state index in [4.69, 9.17) is 11.6 Å². The molecule has 0 aliphatic rings. The lowest BCUT2D eigenvalue weighted by Crippen LogP contribution is -2.22. The number of hydrogen-bond donors (Lipinski definition) is 1. The average Bonchev–Trinajstić information content (AvgIpc) is 2.54. The average molecular weight is 349 g/mol. The van der Waals surface area contributed by atoms with E-state index in [1.54, 1.807) is 24.3 Å². The van der Waals surface area contributed by atoms with Crippen molar-refractivity contribution in [3.05, 3.63) is 69.6 Å². The number of hydrogen-bond acceptors (Lipinski definition) is 4. The quantitative estimate of drug-likeness (QED) is 0.788. The Morgan fingerprint density at radius 3 is 2.43 bits per heavy atom. The third-order valence-corrected chi connectivity index (χ3v) is 5.95. The van der Waals surface area contributed by atoms with E-state index in [0.29, 0.717) is 16.1 Å². The summed E-state index contributed by atoms with van der Waals surface area (Å²) in [6.45, 7) is 1.45. The molecular formula is C16H13ClN2O3S. The molecule has 23 heavy (non-hydrogen) atoms. The third kappa shape index (κ3) is 2.87. The molecular weight excluding hydrogens is 336 g/mol. The first-order chi connectivity index (χ1) is 10.9. The molecule has 0 saturated heterocycles. The predicted octanol–water partition coefficient (Wildman–Crippen LogP) is 3.11. The zero-order chi connectivity index (χ0) is 16.6. The molecule has 1 heterocycles. The van der Waals surface area contributed by atoms with Gasteiger partial charge in [-0.15, -0.1) is 0 Å². The number of halogens is 1. The van der Waals surface area contributed by atoms with Crippen molar-refractivity contribution in [1.82, 2.24) is 9.97 Å². The highest BCUT2D eigenvalue weighted by Gasteiger charge is 2.28. The van der Waals surface area contributed by atoms with E-state index in [2.05, 4.69) is 9.97 Å². The van der Waals surface area contributed by atoms with Gasteiger partial charge >= 0.3 is 0 Å². The Kier molecular flexibility index (Phi) is 3.95. The van der Waals surface area contributed by atoms with Crippen LogP contribution in [0.1, 0.15) is 17.9 Å². The van der Waals surface area contributed by atoms with Gasteiger partial charge in [0.2, 0.25) is 0 Å². The highest BCUT2D eigenvalue weighted by atomic mass is 35.5. The largest absolute Gasteiger partial charge is 0.319 e. The number of nitrogens with zero attached hydrogens (tertiary/aromatic N) is 1. The standard InChI is InChI=1S/C16H13ClN2O3S/c1-10(23(21,22)12-8-6-11(17)7-9-12)15-16(20)19-14-5-3-2-4-13(14)18-15/h2-10H,1H3,(H,19,20). The predicted molar refractivity (Wildman–Crippen MR) is 89.4 cm³/mol. The molecule has 118 valence electrons. The van der Waals surface area contributed by atoms with Crippen LogP contribution in [-0.2, 0) is 9.84 Å². The number of benzene rings is 2. The van der Waals surface area contributed by atoms with Crippen LogP contribution in [0.15, 0.2) is 58.2 Å². The zero-order valence-corrected chi connectivity index (χ0v) is 13.7. The van der Waals surface area contributed by atoms with Gasteiger partial charge in [0.1, 0.15) is 10.9 Å². The third-order valence-electron chi connectivity index (χ3n) is 3.62. The highest BCUT2D eigenvalue weighted by Crippen LogP contribution is 2.27. The molecule has 0 aliphatic carbocycles. The lowest BCUT2D eigenvalue weighted by atomic mass is 10.2. The van der Waals surface area contributed by atoms with Gasteiger partial charge in [-0.2, -0.15) is 0 Å². The minimum absolute atomic E-state index is 0.0290. The topological polar surface area (TPSA) is 79.9 Å². The van der Waals surface area contributed by atoms with Crippen LogP contribution in [0.2, 0.25) is 5.02 Å². The maximum atomic E-state index is 12.7. The highest BCUT2D eigenvalue weighted by molar-refractivity contribution is 7.91. The first-order valence-corrected chi connectivity index (χ1v) is 8.80. The summed E-state index contributed by atoms with van der Waals surface area (Å²) in [6.07, 6.45) is 0. The van der Waals surface area contributed by atoms with Crippen molar-refractivity contribution in [1.29, 1.82) is 0 Å². The first-order valence-electron chi connectivity index (χ1n) is 6.88. The second-order valence-corrected chi connectivity index (χ2v) is 7.81. The molecule has 1 atom stereocenters. The van der Waals surface area contributed by atoms with Gasteiger partial charge in [0, 0.05) is 5.02 Å². The number of sulfone groups is 1. The summed E-state index contributed by atoms with van der Waals surface area (Å²) in [5, 5.41) is -0.629. The molecule has 3 rings (SSSR count). The number of aromatic amines is 1. The summed E-state index contributed by atoms with van der Waals surface area (Å²) in [5.41, 5.74) is 0.574. The molecule has 0 aliphatic heterocycles. The van der Waals surface area contributed by atoms with Crippen LogP contribution in [-0.4, -0.2) is 18.4 Å². The van der Waals surface area contributed by atoms with E-state index >= 15 is 0 Å². The lowest BCUT2D eigenvalue weighted by Gasteiger charge is -2.12. The maximum Gasteiger partial charge on any atom is 0.271 e. The van der Waals surface area contributed by atoms with Gasteiger partial charge in [-0.3, -0.25) is 4.79 Å². The number of H-pyrrole nitrogens is 1. The van der Waals surface area contributed by atoms with Crippen molar-refractivity contribution in [3.63, 3.8) is 0 Å². The van der Waals surface area contributed by atoms with Gasteiger partial charge < -0.3 is 4.98 Å². The van der Waals surface area contributed by atoms with E-state index in [9.17, 15) is 13.2 Å². The molecule has 0 fully saturated rings. The fraction of sp³-hybridized carbons (Fsp3) is 0.125. The number of fused-ring (bicyclic) bond motifs is 1. The molecule has 0 saturated carbocycles. The van der Waals surface area contributed by atoms with E-state index in [1.165, 1.54) is 31.2 Å². The van der Waals surface area contributed by atoms with E-state index in [-0.39, 0.29) is 10.6 Å². The molecule has 2 aromatic carbocycles. The fourth-order valence-electron chi connectivity index (χ4n) is 2.29. The van der Waals surface area contributed by atoms with Crippen LogP contribution in [0.4, 0.5) is 0 Å². The number of aromatic nitrogens is 2. The molecule has 0 amide bonds. The molecule has 1 N–H and O–H groups in total. The van der Waals surface area contributed by atoms with Gasteiger partial charge in [-0.1, -0.05) is 23.7 Å². The molecule has 1 aromatic heterocycles. The second kappa shape index (κ2) is 5.79. The van der Waals surface area contributed by atoms with Gasteiger partial charge in [0.05, 0.1) is 15.9 Å². The van der Waals surface area contributed by atoms with Crippen molar-refractivity contribution < 1.29 is 8.42 Å². The summed E-state index contributed by atoms with van der Waals surface area (Å²) in [6, 6.07) is 12.8. The van der Waals surface area contributed by atoms with Gasteiger partial charge in [-0.05, 0) is 43.3 Å². The number of para-hydroxylation sites is 2. The summed E-state index contributed by atoms with van der Waals surface area (Å²) < 4.78 is 25.4. The Bertz CT molecular complexity index is 1030. The fourth-order valence-corrected chi connectivity index (χ4v) is 3.80. The van der Waals surface area contributed by atoms with Gasteiger partial charge in [0.25, 0.3) is 5.56 Å².